The summed E-state index contributed by atoms with van der Waals surface area (Å²) in [7, 11) is -3.44. The molecule has 0 aromatic carbocycles. The van der Waals surface area contributed by atoms with E-state index in [1.165, 1.54) is 11.6 Å². The predicted octanol–water partition coefficient (Wildman–Crippen LogP) is -1.43. The molecule has 0 bridgehead atoms. The average Bonchev–Trinajstić information content (AvgIpc) is 2.66. The third-order valence-electron chi connectivity index (χ3n) is 2.46. The molecule has 0 atom stereocenters. The molecular formula is C9H14N4O5S. The van der Waals surface area contributed by atoms with Crippen LogP contribution < -0.4 is 5.73 Å². The zero-order chi connectivity index (χ0) is 14.6. The van der Waals surface area contributed by atoms with E-state index in [2.05, 4.69) is 10.3 Å². The Bertz CT molecular complexity index is 592. The first-order valence-corrected chi connectivity index (χ1v) is 7.17. The van der Waals surface area contributed by atoms with Crippen LogP contribution in [0.4, 0.5) is 0 Å². The van der Waals surface area contributed by atoms with Crippen molar-refractivity contribution in [2.45, 2.75) is 19.9 Å². The van der Waals surface area contributed by atoms with Crippen LogP contribution in [0.3, 0.4) is 0 Å². The van der Waals surface area contributed by atoms with Crippen molar-refractivity contribution in [3.63, 3.8) is 0 Å². The molecule has 1 aromatic rings. The Balaban J connectivity index is 2.67. The lowest BCUT2D eigenvalue weighted by molar-refractivity contribution is -0.117. The van der Waals surface area contributed by atoms with Crippen LogP contribution in [0.5, 0.6) is 0 Å². The second-order valence-electron chi connectivity index (χ2n) is 3.92. The van der Waals surface area contributed by atoms with Crippen LogP contribution in [-0.4, -0.2) is 51.9 Å². The number of nitrogens with two attached hydrogens (primary N) is 1. The van der Waals surface area contributed by atoms with E-state index < -0.39 is 21.7 Å². The zero-order valence-corrected chi connectivity index (χ0v) is 11.1. The van der Waals surface area contributed by atoms with Crippen LogP contribution in [-0.2, 0) is 21.2 Å². The maximum absolute atomic E-state index is 11.6. The molecule has 0 aliphatic carbocycles. The second kappa shape index (κ2) is 5.78. The molecule has 0 saturated heterocycles. The van der Waals surface area contributed by atoms with Crippen molar-refractivity contribution in [2.75, 3.05) is 11.5 Å². The molecule has 0 spiro atoms. The van der Waals surface area contributed by atoms with Gasteiger partial charge in [0.1, 0.15) is 0 Å². The summed E-state index contributed by atoms with van der Waals surface area (Å²) in [5.74, 6) is -2.50. The van der Waals surface area contributed by atoms with Crippen LogP contribution in [0.1, 0.15) is 22.6 Å². The Morgan fingerprint density at radius 2 is 2.00 bits per heavy atom. The molecule has 0 radical (unpaired) electrons. The van der Waals surface area contributed by atoms with Gasteiger partial charge in [-0.2, -0.15) is 0 Å². The van der Waals surface area contributed by atoms with Crippen LogP contribution in [0.15, 0.2) is 0 Å². The number of hydrogen-bond donors (Lipinski definition) is 2. The van der Waals surface area contributed by atoms with Crippen molar-refractivity contribution in [1.82, 2.24) is 15.0 Å². The summed E-state index contributed by atoms with van der Waals surface area (Å²) in [6, 6.07) is 0. The number of sulfone groups is 1. The minimum Gasteiger partial charge on any atom is -0.476 e. The number of primary amides is 1. The molecule has 0 fully saturated rings. The molecule has 0 aliphatic heterocycles. The SMILES string of the molecule is Cc1c(C(=O)O)nnn1CCS(=O)(=O)CCC(N)=O. The summed E-state index contributed by atoms with van der Waals surface area (Å²) in [5.41, 5.74) is 4.93. The number of amides is 1. The largest absolute Gasteiger partial charge is 0.476 e. The van der Waals surface area contributed by atoms with Gasteiger partial charge in [-0.1, -0.05) is 5.21 Å². The second-order valence-corrected chi connectivity index (χ2v) is 6.22. The lowest BCUT2D eigenvalue weighted by atomic mass is 10.3. The fourth-order valence-corrected chi connectivity index (χ4v) is 2.52. The van der Waals surface area contributed by atoms with Gasteiger partial charge in [0, 0.05) is 6.42 Å². The van der Waals surface area contributed by atoms with Crippen molar-refractivity contribution >= 4 is 21.7 Å². The van der Waals surface area contributed by atoms with Gasteiger partial charge in [0.05, 0.1) is 23.7 Å². The van der Waals surface area contributed by atoms with E-state index in [1.54, 1.807) is 0 Å². The molecule has 1 rings (SSSR count). The summed E-state index contributed by atoms with van der Waals surface area (Å²) < 4.78 is 24.3. The third-order valence-corrected chi connectivity index (χ3v) is 4.09. The van der Waals surface area contributed by atoms with E-state index in [4.69, 9.17) is 10.8 Å². The van der Waals surface area contributed by atoms with Crippen molar-refractivity contribution in [2.24, 2.45) is 5.73 Å². The van der Waals surface area contributed by atoms with Crippen molar-refractivity contribution in [3.8, 4) is 0 Å². The molecule has 1 heterocycles. The molecule has 19 heavy (non-hydrogen) atoms. The van der Waals surface area contributed by atoms with Gasteiger partial charge >= 0.3 is 5.97 Å². The van der Waals surface area contributed by atoms with Crippen LogP contribution >= 0.6 is 0 Å². The van der Waals surface area contributed by atoms with Gasteiger partial charge < -0.3 is 10.8 Å². The normalized spacial score (nSPS) is 11.4. The van der Waals surface area contributed by atoms with Crippen molar-refractivity contribution in [1.29, 1.82) is 0 Å². The quantitative estimate of drug-likeness (QED) is 0.626. The highest BCUT2D eigenvalue weighted by Crippen LogP contribution is 2.04. The number of carboxylic acid groups (broad SMARTS) is 1. The Morgan fingerprint density at radius 1 is 1.37 bits per heavy atom. The summed E-state index contributed by atoms with van der Waals surface area (Å²) in [5, 5.41) is 15.8. The van der Waals surface area contributed by atoms with Gasteiger partial charge in [-0.3, -0.25) is 4.79 Å². The van der Waals surface area contributed by atoms with E-state index in [1.807, 2.05) is 0 Å². The lowest BCUT2D eigenvalue weighted by Crippen LogP contribution is -2.21. The maximum atomic E-state index is 11.6. The molecule has 0 aliphatic rings. The van der Waals surface area contributed by atoms with Crippen molar-refractivity contribution < 1.29 is 23.1 Å². The number of aromatic nitrogens is 3. The number of rotatable bonds is 7. The van der Waals surface area contributed by atoms with Crippen molar-refractivity contribution in [3.05, 3.63) is 11.4 Å². The fraction of sp³-hybridized carbons (Fsp3) is 0.556. The molecule has 3 N–H and O–H groups in total. The molecule has 0 unspecified atom stereocenters. The van der Waals surface area contributed by atoms with E-state index in [0.29, 0.717) is 0 Å². The number of aromatic carboxylic acids is 1. The molecule has 1 aromatic heterocycles. The van der Waals surface area contributed by atoms with Gasteiger partial charge in [0.25, 0.3) is 0 Å². The van der Waals surface area contributed by atoms with E-state index in [0.717, 1.165) is 0 Å². The minimum absolute atomic E-state index is 0.0206. The summed E-state index contributed by atoms with van der Waals surface area (Å²) in [6.07, 6.45) is -0.237. The van der Waals surface area contributed by atoms with Gasteiger partial charge in [-0.15, -0.1) is 5.10 Å². The van der Waals surface area contributed by atoms with Crippen LogP contribution in [0.25, 0.3) is 0 Å². The zero-order valence-electron chi connectivity index (χ0n) is 10.2. The van der Waals surface area contributed by atoms with E-state index in [9.17, 15) is 18.0 Å². The first-order valence-electron chi connectivity index (χ1n) is 5.35. The highest BCUT2D eigenvalue weighted by Gasteiger charge is 2.17. The first-order chi connectivity index (χ1) is 8.73. The molecular weight excluding hydrogens is 276 g/mol. The molecule has 9 nitrogen and oxygen atoms in total. The number of carbonyl (C=O) groups excluding carboxylic acids is 1. The van der Waals surface area contributed by atoms with E-state index in [-0.39, 0.29) is 35.9 Å². The molecule has 0 saturated carbocycles. The van der Waals surface area contributed by atoms with Gasteiger partial charge in [-0.05, 0) is 6.92 Å². The smallest absolute Gasteiger partial charge is 0.358 e. The molecule has 106 valence electrons. The predicted molar refractivity (Wildman–Crippen MR) is 64.2 cm³/mol. The monoisotopic (exact) mass is 290 g/mol. The lowest BCUT2D eigenvalue weighted by Gasteiger charge is -2.04. The summed E-state index contributed by atoms with van der Waals surface area (Å²) >= 11 is 0. The Morgan fingerprint density at radius 3 is 2.47 bits per heavy atom. The standard InChI is InChI=1S/C9H14N4O5S/c1-6-8(9(15)16)11-12-13(6)3-5-19(17,18)4-2-7(10)14/h2-5H2,1H3,(H2,10,14)(H,15,16). The fourth-order valence-electron chi connectivity index (χ4n) is 1.35. The number of hydrogen-bond acceptors (Lipinski definition) is 6. The Labute approximate surface area is 109 Å². The number of nitrogens with zero attached hydrogens (tertiary/aromatic N) is 3. The van der Waals surface area contributed by atoms with E-state index >= 15 is 0 Å². The summed E-state index contributed by atoms with van der Waals surface area (Å²) in [4.78, 5) is 21.2. The van der Waals surface area contributed by atoms with Gasteiger partial charge in [-0.25, -0.2) is 17.9 Å². The topological polar surface area (TPSA) is 145 Å². The number of aryl methyl sites for hydroxylation is 1. The van der Waals surface area contributed by atoms with Crippen LogP contribution in [0.2, 0.25) is 0 Å². The van der Waals surface area contributed by atoms with Crippen LogP contribution in [0, 0.1) is 6.92 Å². The third kappa shape index (κ3) is 4.32. The minimum atomic E-state index is -3.44. The Kier molecular flexibility index (Phi) is 4.59. The Hall–Kier alpha value is -1.97. The van der Waals surface area contributed by atoms with Gasteiger partial charge in [0.15, 0.2) is 15.5 Å². The maximum Gasteiger partial charge on any atom is 0.358 e. The average molecular weight is 290 g/mol. The number of carbonyl (C=O) groups is 2. The molecule has 10 heteroatoms. The van der Waals surface area contributed by atoms with Gasteiger partial charge in [0.2, 0.25) is 5.91 Å². The summed E-state index contributed by atoms with van der Waals surface area (Å²) in [6.45, 7) is 1.46. The highest BCUT2D eigenvalue weighted by atomic mass is 32.2. The highest BCUT2D eigenvalue weighted by molar-refractivity contribution is 7.91. The molecule has 1 amide bonds. The first kappa shape index (κ1) is 15.1. The number of carboxylic acids is 1.